The predicted octanol–water partition coefficient (Wildman–Crippen LogP) is 2.00. The van der Waals surface area contributed by atoms with Crippen LogP contribution in [0.2, 0.25) is 0 Å². The van der Waals surface area contributed by atoms with Gasteiger partial charge in [0.25, 0.3) is 5.91 Å². The average molecular weight is 277 g/mol. The molecule has 0 radical (unpaired) electrons. The minimum atomic E-state index is -0.0386. The van der Waals surface area contributed by atoms with Crippen molar-refractivity contribution >= 4 is 5.91 Å². The summed E-state index contributed by atoms with van der Waals surface area (Å²) in [4.78, 5) is 13.9. The monoisotopic (exact) mass is 277 g/mol. The van der Waals surface area contributed by atoms with E-state index in [1.807, 2.05) is 24.3 Å². The van der Waals surface area contributed by atoms with Crippen molar-refractivity contribution in [1.82, 2.24) is 4.90 Å². The zero-order valence-electron chi connectivity index (χ0n) is 12.0. The first-order valence-electron chi connectivity index (χ1n) is 7.36. The van der Waals surface area contributed by atoms with E-state index in [-0.39, 0.29) is 19.1 Å². The van der Waals surface area contributed by atoms with Gasteiger partial charge in [0, 0.05) is 12.6 Å². The number of aryl methyl sites for hydroxylation is 1. The van der Waals surface area contributed by atoms with Crippen molar-refractivity contribution < 1.29 is 14.6 Å². The summed E-state index contributed by atoms with van der Waals surface area (Å²) in [6.45, 7) is 2.56. The normalized spacial score (nSPS) is 14.7. The minimum Gasteiger partial charge on any atom is -0.484 e. The first-order valence-corrected chi connectivity index (χ1v) is 7.36. The van der Waals surface area contributed by atoms with E-state index < -0.39 is 0 Å². The number of nitrogens with zero attached hydrogens (tertiary/aromatic N) is 1. The molecule has 0 heterocycles. The molecule has 0 atom stereocenters. The Balaban J connectivity index is 1.85. The lowest BCUT2D eigenvalue weighted by atomic mass is 9.91. The lowest BCUT2D eigenvalue weighted by Gasteiger charge is -2.37. The van der Waals surface area contributed by atoms with Crippen LogP contribution < -0.4 is 4.74 Å². The SMILES string of the molecule is CCc1ccc(OCC(=O)N(CCO)C2CCC2)cc1. The van der Waals surface area contributed by atoms with Crippen LogP contribution in [0.5, 0.6) is 5.75 Å². The van der Waals surface area contributed by atoms with Gasteiger partial charge in [0.2, 0.25) is 0 Å². The highest BCUT2D eigenvalue weighted by Gasteiger charge is 2.28. The number of amides is 1. The van der Waals surface area contributed by atoms with Gasteiger partial charge in [0.1, 0.15) is 5.75 Å². The number of aliphatic hydroxyl groups is 1. The molecule has 1 saturated carbocycles. The molecule has 4 heteroatoms. The molecule has 110 valence electrons. The van der Waals surface area contributed by atoms with Crippen LogP contribution in [0.25, 0.3) is 0 Å². The van der Waals surface area contributed by atoms with E-state index in [1.165, 1.54) is 12.0 Å². The summed E-state index contributed by atoms with van der Waals surface area (Å²) in [6, 6.07) is 8.10. The van der Waals surface area contributed by atoms with Crippen molar-refractivity contribution in [2.24, 2.45) is 0 Å². The number of hydrogen-bond donors (Lipinski definition) is 1. The summed E-state index contributed by atoms with van der Waals surface area (Å²) in [5, 5.41) is 9.06. The summed E-state index contributed by atoms with van der Waals surface area (Å²) in [7, 11) is 0. The van der Waals surface area contributed by atoms with Crippen molar-refractivity contribution in [3.63, 3.8) is 0 Å². The molecule has 1 aromatic carbocycles. The van der Waals surface area contributed by atoms with Crippen LogP contribution in [-0.4, -0.2) is 41.7 Å². The fourth-order valence-corrected chi connectivity index (χ4v) is 2.37. The quantitative estimate of drug-likeness (QED) is 0.829. The summed E-state index contributed by atoms with van der Waals surface area (Å²) in [5.41, 5.74) is 1.25. The van der Waals surface area contributed by atoms with Crippen LogP contribution >= 0.6 is 0 Å². The molecule has 1 aliphatic rings. The van der Waals surface area contributed by atoms with Gasteiger partial charge in [-0.05, 0) is 43.4 Å². The van der Waals surface area contributed by atoms with E-state index in [0.717, 1.165) is 19.3 Å². The van der Waals surface area contributed by atoms with E-state index in [1.54, 1.807) is 4.90 Å². The highest BCUT2D eigenvalue weighted by molar-refractivity contribution is 5.78. The molecule has 0 unspecified atom stereocenters. The number of carbonyl (C=O) groups excluding carboxylic acids is 1. The first kappa shape index (κ1) is 14.9. The molecule has 20 heavy (non-hydrogen) atoms. The zero-order chi connectivity index (χ0) is 14.4. The maximum absolute atomic E-state index is 12.2. The molecular formula is C16H23NO3. The van der Waals surface area contributed by atoms with Gasteiger partial charge in [-0.3, -0.25) is 4.79 Å². The smallest absolute Gasteiger partial charge is 0.260 e. The topological polar surface area (TPSA) is 49.8 Å². The Bertz CT molecular complexity index is 426. The number of carbonyl (C=O) groups is 1. The van der Waals surface area contributed by atoms with Crippen LogP contribution in [-0.2, 0) is 11.2 Å². The van der Waals surface area contributed by atoms with Gasteiger partial charge in [0.05, 0.1) is 6.61 Å². The van der Waals surface area contributed by atoms with Crippen LogP contribution in [0, 0.1) is 0 Å². The summed E-state index contributed by atoms with van der Waals surface area (Å²) >= 11 is 0. The highest BCUT2D eigenvalue weighted by atomic mass is 16.5. The van der Waals surface area contributed by atoms with Gasteiger partial charge in [-0.1, -0.05) is 19.1 Å². The van der Waals surface area contributed by atoms with Gasteiger partial charge in [0.15, 0.2) is 6.61 Å². The second-order valence-electron chi connectivity index (χ2n) is 5.18. The largest absolute Gasteiger partial charge is 0.484 e. The molecule has 0 bridgehead atoms. The van der Waals surface area contributed by atoms with Crippen LogP contribution in [0.15, 0.2) is 24.3 Å². The van der Waals surface area contributed by atoms with Gasteiger partial charge in [-0.2, -0.15) is 0 Å². The summed E-state index contributed by atoms with van der Waals surface area (Å²) < 4.78 is 5.54. The van der Waals surface area contributed by atoms with Crippen LogP contribution in [0.3, 0.4) is 0 Å². The van der Waals surface area contributed by atoms with Gasteiger partial charge < -0.3 is 14.7 Å². The van der Waals surface area contributed by atoms with E-state index >= 15 is 0 Å². The van der Waals surface area contributed by atoms with Crippen molar-refractivity contribution in [3.8, 4) is 5.75 Å². The standard InChI is InChI=1S/C16H23NO3/c1-2-13-6-8-15(9-7-13)20-12-16(19)17(10-11-18)14-4-3-5-14/h6-9,14,18H,2-5,10-12H2,1H3. The lowest BCUT2D eigenvalue weighted by molar-refractivity contribution is -0.138. The van der Waals surface area contributed by atoms with Gasteiger partial charge >= 0.3 is 0 Å². The molecule has 2 rings (SSSR count). The van der Waals surface area contributed by atoms with Crippen molar-refractivity contribution in [1.29, 1.82) is 0 Å². The Morgan fingerprint density at radius 2 is 2.05 bits per heavy atom. The molecular weight excluding hydrogens is 254 g/mol. The number of rotatable bonds is 7. The first-order chi connectivity index (χ1) is 9.74. The Kier molecular flexibility index (Phi) is 5.41. The summed E-state index contributed by atoms with van der Waals surface area (Å²) in [5.74, 6) is 0.677. The number of ether oxygens (including phenoxy) is 1. The van der Waals surface area contributed by atoms with Crippen LogP contribution in [0.4, 0.5) is 0 Å². The van der Waals surface area contributed by atoms with Crippen molar-refractivity contribution in [2.45, 2.75) is 38.6 Å². The van der Waals surface area contributed by atoms with Crippen molar-refractivity contribution in [2.75, 3.05) is 19.8 Å². The second kappa shape index (κ2) is 7.29. The van der Waals surface area contributed by atoms with Gasteiger partial charge in [-0.15, -0.1) is 0 Å². The second-order valence-corrected chi connectivity index (χ2v) is 5.18. The maximum Gasteiger partial charge on any atom is 0.260 e. The van der Waals surface area contributed by atoms with E-state index in [4.69, 9.17) is 9.84 Å². The number of hydrogen-bond acceptors (Lipinski definition) is 3. The molecule has 0 aliphatic heterocycles. The molecule has 1 aromatic rings. The third-order valence-corrected chi connectivity index (χ3v) is 3.87. The Hall–Kier alpha value is -1.55. The molecule has 0 aromatic heterocycles. The molecule has 1 amide bonds. The third kappa shape index (κ3) is 3.73. The Labute approximate surface area is 120 Å². The molecule has 0 spiro atoms. The minimum absolute atomic E-state index is 0.00738. The van der Waals surface area contributed by atoms with E-state index in [2.05, 4.69) is 6.92 Å². The molecule has 1 N–H and O–H groups in total. The fourth-order valence-electron chi connectivity index (χ4n) is 2.37. The molecule has 1 aliphatic carbocycles. The van der Waals surface area contributed by atoms with Crippen molar-refractivity contribution in [3.05, 3.63) is 29.8 Å². The highest BCUT2D eigenvalue weighted by Crippen LogP contribution is 2.24. The molecule has 0 saturated heterocycles. The lowest BCUT2D eigenvalue weighted by Crippen LogP contribution is -2.47. The molecule has 1 fully saturated rings. The third-order valence-electron chi connectivity index (χ3n) is 3.87. The van der Waals surface area contributed by atoms with Crippen LogP contribution in [0.1, 0.15) is 31.7 Å². The Morgan fingerprint density at radius 1 is 1.35 bits per heavy atom. The maximum atomic E-state index is 12.2. The Morgan fingerprint density at radius 3 is 2.55 bits per heavy atom. The fraction of sp³-hybridized carbons (Fsp3) is 0.562. The summed E-state index contributed by atoms with van der Waals surface area (Å²) in [6.07, 6.45) is 4.23. The number of benzene rings is 1. The zero-order valence-corrected chi connectivity index (χ0v) is 12.0. The number of aliphatic hydroxyl groups excluding tert-OH is 1. The van der Waals surface area contributed by atoms with Gasteiger partial charge in [-0.25, -0.2) is 0 Å². The van der Waals surface area contributed by atoms with E-state index in [9.17, 15) is 4.79 Å². The van der Waals surface area contributed by atoms with E-state index in [0.29, 0.717) is 18.3 Å². The average Bonchev–Trinajstić information content (AvgIpc) is 2.43. The predicted molar refractivity (Wildman–Crippen MR) is 77.8 cm³/mol. The molecule has 4 nitrogen and oxygen atoms in total.